The second-order valence-corrected chi connectivity index (χ2v) is 3.80. The van der Waals surface area contributed by atoms with Crippen molar-refractivity contribution >= 4 is 6.21 Å². The van der Waals surface area contributed by atoms with E-state index in [2.05, 4.69) is 5.16 Å². The van der Waals surface area contributed by atoms with Gasteiger partial charge in [0.15, 0.2) is 0 Å². The van der Waals surface area contributed by atoms with Gasteiger partial charge in [0.2, 0.25) is 0 Å². The number of hydrogen-bond donors (Lipinski definition) is 0. The van der Waals surface area contributed by atoms with Gasteiger partial charge >= 0.3 is 0 Å². The zero-order valence-corrected chi connectivity index (χ0v) is 6.92. The van der Waals surface area contributed by atoms with Crippen molar-refractivity contribution in [3.05, 3.63) is 0 Å². The molecule has 1 rings (SSSR count). The van der Waals surface area contributed by atoms with Crippen molar-refractivity contribution in [2.75, 3.05) is 0 Å². The van der Waals surface area contributed by atoms with Gasteiger partial charge in [0.25, 0.3) is 0 Å². The van der Waals surface area contributed by atoms with Crippen molar-refractivity contribution < 1.29 is 4.84 Å². The van der Waals surface area contributed by atoms with Gasteiger partial charge in [-0.1, -0.05) is 5.16 Å². The van der Waals surface area contributed by atoms with Crippen molar-refractivity contribution in [2.24, 2.45) is 11.1 Å². The summed E-state index contributed by atoms with van der Waals surface area (Å²) in [4.78, 5) is 5.15. The lowest BCUT2D eigenvalue weighted by molar-refractivity contribution is 0.00147. The molecule has 0 unspecified atom stereocenters. The average molecular weight is 141 g/mol. The lowest BCUT2D eigenvalue weighted by Gasteiger charge is -2.14. The van der Waals surface area contributed by atoms with Crippen LogP contribution in [0.25, 0.3) is 0 Å². The standard InChI is InChI=1S/C8H15NO/c1-8(2,3)10-9-6-7-4-5-7/h6-7H,4-5H2,1-3H3/b9-6+. The highest BCUT2D eigenvalue weighted by Crippen LogP contribution is 2.26. The molecule has 1 fully saturated rings. The zero-order chi connectivity index (χ0) is 7.61. The molecule has 0 spiro atoms. The third-order valence-electron chi connectivity index (χ3n) is 1.22. The first-order chi connectivity index (χ1) is 4.58. The van der Waals surface area contributed by atoms with E-state index in [0.717, 1.165) is 0 Å². The highest BCUT2D eigenvalue weighted by molar-refractivity contribution is 5.62. The van der Waals surface area contributed by atoms with Gasteiger partial charge in [-0.25, -0.2) is 0 Å². The highest BCUT2D eigenvalue weighted by Gasteiger charge is 2.19. The van der Waals surface area contributed by atoms with Gasteiger partial charge in [-0.3, -0.25) is 0 Å². The van der Waals surface area contributed by atoms with E-state index in [0.29, 0.717) is 5.92 Å². The minimum absolute atomic E-state index is 0.134. The molecule has 0 N–H and O–H groups in total. The maximum absolute atomic E-state index is 5.15. The molecule has 0 radical (unpaired) electrons. The van der Waals surface area contributed by atoms with E-state index in [-0.39, 0.29) is 5.60 Å². The Morgan fingerprint density at radius 2 is 2.00 bits per heavy atom. The Hall–Kier alpha value is -0.530. The fraction of sp³-hybridized carbons (Fsp3) is 0.875. The SMILES string of the molecule is CC(C)(C)O/N=C/C1CC1. The maximum atomic E-state index is 5.15. The summed E-state index contributed by atoms with van der Waals surface area (Å²) in [7, 11) is 0. The lowest BCUT2D eigenvalue weighted by atomic mass is 10.2. The summed E-state index contributed by atoms with van der Waals surface area (Å²) in [6.07, 6.45) is 4.49. The first kappa shape index (κ1) is 7.58. The van der Waals surface area contributed by atoms with E-state index < -0.39 is 0 Å². The third-order valence-corrected chi connectivity index (χ3v) is 1.22. The Balaban J connectivity index is 2.13. The van der Waals surface area contributed by atoms with Crippen molar-refractivity contribution in [1.29, 1.82) is 0 Å². The molecule has 0 aromatic rings. The molecule has 58 valence electrons. The minimum atomic E-state index is -0.134. The van der Waals surface area contributed by atoms with Crippen LogP contribution in [-0.4, -0.2) is 11.8 Å². The summed E-state index contributed by atoms with van der Waals surface area (Å²) in [6.45, 7) is 5.99. The summed E-state index contributed by atoms with van der Waals surface area (Å²) in [5, 5.41) is 3.88. The normalized spacial score (nSPS) is 19.9. The summed E-state index contributed by atoms with van der Waals surface area (Å²) in [5.41, 5.74) is -0.134. The van der Waals surface area contributed by atoms with E-state index in [1.165, 1.54) is 12.8 Å². The van der Waals surface area contributed by atoms with Crippen LogP contribution in [-0.2, 0) is 4.84 Å². The summed E-state index contributed by atoms with van der Waals surface area (Å²) >= 11 is 0. The summed E-state index contributed by atoms with van der Waals surface area (Å²) < 4.78 is 0. The monoisotopic (exact) mass is 141 g/mol. The molecule has 0 atom stereocenters. The van der Waals surface area contributed by atoms with E-state index in [1.54, 1.807) is 0 Å². The van der Waals surface area contributed by atoms with Gasteiger partial charge in [0.1, 0.15) is 5.60 Å². The van der Waals surface area contributed by atoms with Crippen LogP contribution in [0.3, 0.4) is 0 Å². The van der Waals surface area contributed by atoms with Crippen molar-refractivity contribution in [3.63, 3.8) is 0 Å². The lowest BCUT2D eigenvalue weighted by Crippen LogP contribution is -2.15. The van der Waals surface area contributed by atoms with E-state index in [1.807, 2.05) is 27.0 Å². The average Bonchev–Trinajstić information content (AvgIpc) is 2.45. The molecular weight excluding hydrogens is 126 g/mol. The number of rotatable bonds is 2. The highest BCUT2D eigenvalue weighted by atomic mass is 16.6. The molecule has 2 heteroatoms. The minimum Gasteiger partial charge on any atom is -0.390 e. The predicted octanol–water partition coefficient (Wildman–Crippen LogP) is 2.20. The fourth-order valence-electron chi connectivity index (χ4n) is 0.520. The van der Waals surface area contributed by atoms with Crippen LogP contribution in [0.1, 0.15) is 33.6 Å². The van der Waals surface area contributed by atoms with Crippen LogP contribution in [0.5, 0.6) is 0 Å². The third kappa shape index (κ3) is 3.49. The summed E-state index contributed by atoms with van der Waals surface area (Å²) in [6, 6.07) is 0. The van der Waals surface area contributed by atoms with Gasteiger partial charge in [0, 0.05) is 6.21 Å². The summed E-state index contributed by atoms with van der Waals surface area (Å²) in [5.74, 6) is 0.711. The van der Waals surface area contributed by atoms with Crippen LogP contribution in [0, 0.1) is 5.92 Å². The Labute approximate surface area is 62.3 Å². The first-order valence-corrected chi connectivity index (χ1v) is 3.79. The predicted molar refractivity (Wildman–Crippen MR) is 42.1 cm³/mol. The van der Waals surface area contributed by atoms with Crippen LogP contribution in [0.2, 0.25) is 0 Å². The quantitative estimate of drug-likeness (QED) is 0.426. The molecular formula is C8H15NO. The Morgan fingerprint density at radius 1 is 1.40 bits per heavy atom. The molecule has 10 heavy (non-hydrogen) atoms. The van der Waals surface area contributed by atoms with Gasteiger partial charge in [0.05, 0.1) is 0 Å². The van der Waals surface area contributed by atoms with Crippen LogP contribution < -0.4 is 0 Å². The van der Waals surface area contributed by atoms with Gasteiger partial charge in [-0.05, 0) is 39.5 Å². The zero-order valence-electron chi connectivity index (χ0n) is 6.92. The van der Waals surface area contributed by atoms with Crippen LogP contribution >= 0.6 is 0 Å². The molecule has 0 aromatic carbocycles. The smallest absolute Gasteiger partial charge is 0.129 e. The number of hydrogen-bond acceptors (Lipinski definition) is 2. The van der Waals surface area contributed by atoms with Gasteiger partial charge < -0.3 is 4.84 Å². The Bertz CT molecular complexity index is 131. The second kappa shape index (κ2) is 2.60. The van der Waals surface area contributed by atoms with Gasteiger partial charge in [-0.15, -0.1) is 0 Å². The fourth-order valence-corrected chi connectivity index (χ4v) is 0.520. The van der Waals surface area contributed by atoms with E-state index in [9.17, 15) is 0 Å². The molecule has 1 saturated carbocycles. The van der Waals surface area contributed by atoms with Crippen molar-refractivity contribution in [2.45, 2.75) is 39.2 Å². The number of nitrogens with zero attached hydrogens (tertiary/aromatic N) is 1. The topological polar surface area (TPSA) is 21.6 Å². The van der Waals surface area contributed by atoms with Gasteiger partial charge in [-0.2, -0.15) is 0 Å². The maximum Gasteiger partial charge on any atom is 0.129 e. The van der Waals surface area contributed by atoms with Crippen LogP contribution in [0.15, 0.2) is 5.16 Å². The second-order valence-electron chi connectivity index (χ2n) is 3.80. The van der Waals surface area contributed by atoms with Crippen molar-refractivity contribution in [1.82, 2.24) is 0 Å². The molecule has 0 heterocycles. The molecule has 0 aliphatic heterocycles. The largest absolute Gasteiger partial charge is 0.390 e. The molecule has 0 amide bonds. The first-order valence-electron chi connectivity index (χ1n) is 3.79. The molecule has 2 nitrogen and oxygen atoms in total. The molecule has 1 aliphatic carbocycles. The Morgan fingerprint density at radius 3 is 2.40 bits per heavy atom. The number of oxime groups is 1. The van der Waals surface area contributed by atoms with E-state index in [4.69, 9.17) is 4.84 Å². The molecule has 0 saturated heterocycles. The Kier molecular flexibility index (Phi) is 1.97. The molecule has 0 bridgehead atoms. The molecule has 1 aliphatic rings. The van der Waals surface area contributed by atoms with Crippen molar-refractivity contribution in [3.8, 4) is 0 Å². The molecule has 0 aromatic heterocycles. The van der Waals surface area contributed by atoms with Crippen LogP contribution in [0.4, 0.5) is 0 Å². The van der Waals surface area contributed by atoms with E-state index >= 15 is 0 Å².